The molecule has 0 saturated carbocycles. The number of nitriles is 1. The Kier molecular flexibility index (Phi) is 5.40. The first kappa shape index (κ1) is 21.0. The Morgan fingerprint density at radius 1 is 1.12 bits per heavy atom. The Morgan fingerprint density at radius 2 is 1.84 bits per heavy atom. The normalized spacial score (nSPS) is 20.8. The number of piperidine rings is 1. The van der Waals surface area contributed by atoms with Gasteiger partial charge in [0.1, 0.15) is 6.61 Å². The molecule has 0 aromatic heterocycles. The largest absolute Gasteiger partial charge is 0.457 e. The number of anilines is 1. The molecule has 1 spiro atoms. The number of fused-ring (bicyclic) bond motifs is 1. The molecule has 3 aliphatic rings. The van der Waals surface area contributed by atoms with Gasteiger partial charge in [-0.1, -0.05) is 6.07 Å². The molecule has 0 amide bonds. The van der Waals surface area contributed by atoms with E-state index in [-0.39, 0.29) is 5.97 Å². The zero-order valence-corrected chi connectivity index (χ0v) is 18.5. The number of benzene rings is 2. The van der Waals surface area contributed by atoms with Gasteiger partial charge in [-0.15, -0.1) is 0 Å². The Bertz CT molecular complexity index is 1060. The van der Waals surface area contributed by atoms with E-state index in [1.807, 2.05) is 25.1 Å². The van der Waals surface area contributed by atoms with Crippen molar-refractivity contribution in [2.45, 2.75) is 38.9 Å². The van der Waals surface area contributed by atoms with Crippen LogP contribution >= 0.6 is 0 Å². The number of esters is 1. The SMILES string of the molecule is Cc1c([C@@H](O)CN2CCC3(CC2)CCN(c2ccc(C#N)cc2)C3)ccc2c1COC2=O. The number of ether oxygens (including phenoxy) is 1. The summed E-state index contributed by atoms with van der Waals surface area (Å²) in [6, 6.07) is 13.8. The second kappa shape index (κ2) is 8.23. The summed E-state index contributed by atoms with van der Waals surface area (Å²) in [5.41, 5.74) is 5.67. The number of cyclic esters (lactones) is 1. The maximum atomic E-state index is 11.8. The number of aliphatic hydroxyl groups excluding tert-OH is 1. The molecule has 0 bridgehead atoms. The number of carbonyl (C=O) groups is 1. The standard InChI is InChI=1S/C26H29N3O3/c1-18-21(6-7-22-23(18)16-32-25(22)31)24(30)15-28-11-8-26(9-12-28)10-13-29(17-26)20-4-2-19(14-27)3-5-20/h2-7,24,30H,8-13,15-17H2,1H3/t24-/m0/s1. The van der Waals surface area contributed by atoms with Crippen molar-refractivity contribution in [2.75, 3.05) is 37.6 Å². The van der Waals surface area contributed by atoms with Crippen molar-refractivity contribution in [2.24, 2.45) is 5.41 Å². The second-order valence-electron chi connectivity index (χ2n) is 9.53. The van der Waals surface area contributed by atoms with E-state index >= 15 is 0 Å². The number of hydrogen-bond donors (Lipinski definition) is 1. The Hall–Kier alpha value is -2.88. The topological polar surface area (TPSA) is 76.8 Å². The molecule has 6 nitrogen and oxygen atoms in total. The number of hydrogen-bond acceptors (Lipinski definition) is 6. The average Bonchev–Trinajstić information content (AvgIpc) is 3.40. The highest BCUT2D eigenvalue weighted by Crippen LogP contribution is 2.42. The zero-order chi connectivity index (χ0) is 22.3. The van der Waals surface area contributed by atoms with Crippen molar-refractivity contribution in [1.29, 1.82) is 5.26 Å². The Balaban J connectivity index is 1.18. The molecule has 2 fully saturated rings. The summed E-state index contributed by atoms with van der Waals surface area (Å²) < 4.78 is 5.15. The van der Waals surface area contributed by atoms with Gasteiger partial charge in [-0.25, -0.2) is 4.79 Å². The highest BCUT2D eigenvalue weighted by molar-refractivity contribution is 5.93. The van der Waals surface area contributed by atoms with Gasteiger partial charge in [-0.3, -0.25) is 0 Å². The molecular weight excluding hydrogens is 402 g/mol. The van der Waals surface area contributed by atoms with Crippen LogP contribution in [0.5, 0.6) is 0 Å². The second-order valence-corrected chi connectivity index (χ2v) is 9.53. The molecule has 2 saturated heterocycles. The fourth-order valence-corrected chi connectivity index (χ4v) is 5.59. The fourth-order valence-electron chi connectivity index (χ4n) is 5.59. The van der Waals surface area contributed by atoms with Crippen LogP contribution < -0.4 is 4.90 Å². The summed E-state index contributed by atoms with van der Waals surface area (Å²) in [5.74, 6) is -0.267. The molecular formula is C26H29N3O3. The number of β-amino-alcohol motifs (C(OH)–C–C–N with tert-alkyl or cyclic N) is 1. The molecule has 0 unspecified atom stereocenters. The monoisotopic (exact) mass is 431 g/mol. The van der Waals surface area contributed by atoms with E-state index in [0.717, 1.165) is 55.7 Å². The van der Waals surface area contributed by atoms with Crippen LogP contribution in [0.3, 0.4) is 0 Å². The van der Waals surface area contributed by atoms with Crippen LogP contribution in [0.4, 0.5) is 5.69 Å². The van der Waals surface area contributed by atoms with E-state index in [1.54, 1.807) is 6.07 Å². The van der Waals surface area contributed by atoms with Gasteiger partial charge in [-0.05, 0) is 86.1 Å². The summed E-state index contributed by atoms with van der Waals surface area (Å²) in [7, 11) is 0. The van der Waals surface area contributed by atoms with Crippen molar-refractivity contribution < 1.29 is 14.6 Å². The lowest BCUT2D eigenvalue weighted by atomic mass is 9.77. The van der Waals surface area contributed by atoms with Gasteiger partial charge in [0.2, 0.25) is 0 Å². The van der Waals surface area contributed by atoms with Crippen LogP contribution in [-0.2, 0) is 11.3 Å². The quantitative estimate of drug-likeness (QED) is 0.746. The summed E-state index contributed by atoms with van der Waals surface area (Å²) in [6.07, 6.45) is 2.90. The van der Waals surface area contributed by atoms with E-state index in [2.05, 4.69) is 28.0 Å². The lowest BCUT2D eigenvalue weighted by molar-refractivity contribution is 0.0534. The Labute approximate surface area is 189 Å². The predicted molar refractivity (Wildman–Crippen MR) is 121 cm³/mol. The third-order valence-corrected chi connectivity index (χ3v) is 7.71. The Morgan fingerprint density at radius 3 is 2.56 bits per heavy atom. The van der Waals surface area contributed by atoms with Gasteiger partial charge in [-0.2, -0.15) is 5.26 Å². The molecule has 2 aromatic rings. The zero-order valence-electron chi connectivity index (χ0n) is 18.5. The van der Waals surface area contributed by atoms with Crippen LogP contribution in [0.15, 0.2) is 36.4 Å². The van der Waals surface area contributed by atoms with Crippen molar-refractivity contribution in [1.82, 2.24) is 4.90 Å². The third-order valence-electron chi connectivity index (χ3n) is 7.71. The molecule has 0 radical (unpaired) electrons. The number of likely N-dealkylation sites (tertiary alicyclic amines) is 1. The summed E-state index contributed by atoms with van der Waals surface area (Å²) in [5, 5.41) is 20.0. The molecule has 0 aliphatic carbocycles. The fraction of sp³-hybridized carbons (Fsp3) is 0.462. The van der Waals surface area contributed by atoms with Crippen LogP contribution in [0, 0.1) is 23.7 Å². The van der Waals surface area contributed by atoms with E-state index in [4.69, 9.17) is 10.00 Å². The first-order valence-corrected chi connectivity index (χ1v) is 11.4. The van der Waals surface area contributed by atoms with Crippen molar-refractivity contribution in [3.63, 3.8) is 0 Å². The molecule has 5 rings (SSSR count). The molecule has 6 heteroatoms. The van der Waals surface area contributed by atoms with Crippen LogP contribution in [0.25, 0.3) is 0 Å². The molecule has 1 N–H and O–H groups in total. The van der Waals surface area contributed by atoms with Crippen molar-refractivity contribution >= 4 is 11.7 Å². The highest BCUT2D eigenvalue weighted by atomic mass is 16.5. The van der Waals surface area contributed by atoms with Crippen LogP contribution in [0.2, 0.25) is 0 Å². The number of rotatable bonds is 4. The lowest BCUT2D eigenvalue weighted by Crippen LogP contribution is -2.43. The maximum Gasteiger partial charge on any atom is 0.338 e. The average molecular weight is 432 g/mol. The molecule has 32 heavy (non-hydrogen) atoms. The first-order valence-electron chi connectivity index (χ1n) is 11.4. The minimum atomic E-state index is -0.566. The minimum absolute atomic E-state index is 0.267. The van der Waals surface area contributed by atoms with Crippen LogP contribution in [-0.4, -0.2) is 48.7 Å². The van der Waals surface area contributed by atoms with Crippen molar-refractivity contribution in [3.05, 3.63) is 64.2 Å². The summed E-state index contributed by atoms with van der Waals surface area (Å²) in [6.45, 7) is 7.00. The molecule has 3 aliphatic heterocycles. The van der Waals surface area contributed by atoms with E-state index in [0.29, 0.717) is 29.7 Å². The van der Waals surface area contributed by atoms with Gasteiger partial charge in [0.25, 0.3) is 0 Å². The van der Waals surface area contributed by atoms with Gasteiger partial charge in [0.15, 0.2) is 0 Å². The maximum absolute atomic E-state index is 11.8. The number of aliphatic hydroxyl groups is 1. The first-order chi connectivity index (χ1) is 15.5. The van der Waals surface area contributed by atoms with Gasteiger partial charge < -0.3 is 19.6 Å². The van der Waals surface area contributed by atoms with Gasteiger partial charge in [0, 0.05) is 30.9 Å². The lowest BCUT2D eigenvalue weighted by Gasteiger charge is -2.40. The smallest absolute Gasteiger partial charge is 0.338 e. The van der Waals surface area contributed by atoms with Crippen molar-refractivity contribution in [3.8, 4) is 6.07 Å². The summed E-state index contributed by atoms with van der Waals surface area (Å²) in [4.78, 5) is 16.6. The molecule has 2 aromatic carbocycles. The van der Waals surface area contributed by atoms with E-state index in [9.17, 15) is 9.90 Å². The van der Waals surface area contributed by atoms with Gasteiger partial charge >= 0.3 is 5.97 Å². The highest BCUT2D eigenvalue weighted by Gasteiger charge is 2.41. The molecule has 3 heterocycles. The van der Waals surface area contributed by atoms with Crippen LogP contribution in [0.1, 0.15) is 58.0 Å². The van der Waals surface area contributed by atoms with E-state index in [1.165, 1.54) is 12.1 Å². The minimum Gasteiger partial charge on any atom is -0.457 e. The third kappa shape index (κ3) is 3.76. The predicted octanol–water partition coefficient (Wildman–Crippen LogP) is 3.56. The molecule has 1 atom stereocenters. The molecule has 166 valence electrons. The summed E-state index contributed by atoms with van der Waals surface area (Å²) >= 11 is 0. The number of carbonyl (C=O) groups excluding carboxylic acids is 1. The van der Waals surface area contributed by atoms with E-state index < -0.39 is 6.10 Å². The number of nitrogens with zero attached hydrogens (tertiary/aromatic N) is 3. The van der Waals surface area contributed by atoms with Gasteiger partial charge in [0.05, 0.1) is 23.3 Å².